The Hall–Kier alpha value is -3.48. The molecule has 0 saturated carbocycles. The molecule has 3 rings (SSSR count). The van der Waals surface area contributed by atoms with E-state index in [1.54, 1.807) is 6.07 Å². The predicted octanol–water partition coefficient (Wildman–Crippen LogP) is 4.28. The molecule has 0 unspecified atom stereocenters. The van der Waals surface area contributed by atoms with Gasteiger partial charge < -0.3 is 24.4 Å². The number of methoxy groups -OCH3 is 1. The van der Waals surface area contributed by atoms with Gasteiger partial charge in [-0.1, -0.05) is 18.2 Å². The highest BCUT2D eigenvalue weighted by atomic mass is 16.6. The van der Waals surface area contributed by atoms with Gasteiger partial charge in [0.15, 0.2) is 24.7 Å². The average molecular weight is 439 g/mol. The standard InChI is InChI=1S/C25H30N2O5/c1-3-7-19-8-13-22(23(16-19)30-2)31-18-25(29)32-17-24(28)26-20-9-11-21(12-10-20)27-14-5-4-6-15-27/h3,7-13,16H,4-6,14-15,17-18H2,1-2H3,(H,26,28)/b7-3+. The summed E-state index contributed by atoms with van der Waals surface area (Å²) in [5.74, 6) is -0.104. The van der Waals surface area contributed by atoms with E-state index in [1.807, 2.05) is 55.5 Å². The van der Waals surface area contributed by atoms with Crippen molar-refractivity contribution in [3.05, 3.63) is 54.1 Å². The van der Waals surface area contributed by atoms with Gasteiger partial charge in [-0.05, 0) is 68.1 Å². The first kappa shape index (κ1) is 23.2. The van der Waals surface area contributed by atoms with E-state index in [2.05, 4.69) is 10.2 Å². The highest BCUT2D eigenvalue weighted by Gasteiger charge is 2.13. The Bertz CT molecular complexity index is 934. The Morgan fingerprint density at radius 1 is 1.00 bits per heavy atom. The smallest absolute Gasteiger partial charge is 0.344 e. The van der Waals surface area contributed by atoms with Gasteiger partial charge in [-0.25, -0.2) is 4.79 Å². The van der Waals surface area contributed by atoms with Crippen LogP contribution in [0.3, 0.4) is 0 Å². The van der Waals surface area contributed by atoms with Crippen LogP contribution in [0.5, 0.6) is 11.5 Å². The number of esters is 1. The summed E-state index contributed by atoms with van der Waals surface area (Å²) in [5, 5.41) is 2.74. The molecule has 1 aliphatic rings. The Morgan fingerprint density at radius 2 is 1.75 bits per heavy atom. The molecule has 0 spiro atoms. The maximum absolute atomic E-state index is 12.1. The van der Waals surface area contributed by atoms with Gasteiger partial charge in [-0.2, -0.15) is 0 Å². The van der Waals surface area contributed by atoms with Crippen LogP contribution in [0.4, 0.5) is 11.4 Å². The van der Waals surface area contributed by atoms with Crippen LogP contribution in [0.15, 0.2) is 48.5 Å². The summed E-state index contributed by atoms with van der Waals surface area (Å²) in [6, 6.07) is 13.1. The van der Waals surface area contributed by atoms with Crippen molar-refractivity contribution in [3.8, 4) is 11.5 Å². The van der Waals surface area contributed by atoms with Crippen molar-refractivity contribution in [3.63, 3.8) is 0 Å². The van der Waals surface area contributed by atoms with Crippen LogP contribution >= 0.6 is 0 Å². The number of hydrogen-bond acceptors (Lipinski definition) is 6. The number of ether oxygens (including phenoxy) is 3. The number of anilines is 2. The van der Waals surface area contributed by atoms with Crippen molar-refractivity contribution < 1.29 is 23.8 Å². The third-order valence-electron chi connectivity index (χ3n) is 5.13. The molecule has 2 aromatic carbocycles. The summed E-state index contributed by atoms with van der Waals surface area (Å²) >= 11 is 0. The fraction of sp³-hybridized carbons (Fsp3) is 0.360. The van der Waals surface area contributed by atoms with E-state index in [1.165, 1.54) is 26.4 Å². The van der Waals surface area contributed by atoms with Crippen LogP contribution in [0.25, 0.3) is 6.08 Å². The monoisotopic (exact) mass is 438 g/mol. The van der Waals surface area contributed by atoms with Crippen LogP contribution in [-0.4, -0.2) is 45.3 Å². The van der Waals surface area contributed by atoms with E-state index in [0.717, 1.165) is 24.3 Å². The minimum absolute atomic E-state index is 0.322. The molecule has 0 bridgehead atoms. The maximum atomic E-state index is 12.1. The second-order valence-corrected chi connectivity index (χ2v) is 7.50. The summed E-state index contributed by atoms with van der Waals surface area (Å²) in [6.07, 6.45) is 7.55. The highest BCUT2D eigenvalue weighted by Crippen LogP contribution is 2.28. The van der Waals surface area contributed by atoms with Crippen molar-refractivity contribution in [1.82, 2.24) is 0 Å². The van der Waals surface area contributed by atoms with Crippen LogP contribution in [0, 0.1) is 0 Å². The molecule has 1 amide bonds. The Labute approximate surface area is 189 Å². The van der Waals surface area contributed by atoms with Crippen molar-refractivity contribution in [2.45, 2.75) is 26.2 Å². The van der Waals surface area contributed by atoms with Gasteiger partial charge in [-0.3, -0.25) is 4.79 Å². The van der Waals surface area contributed by atoms with Crippen LogP contribution in [-0.2, 0) is 14.3 Å². The molecular weight excluding hydrogens is 408 g/mol. The molecule has 1 heterocycles. The predicted molar refractivity (Wildman–Crippen MR) is 125 cm³/mol. The van der Waals surface area contributed by atoms with Crippen LogP contribution in [0.1, 0.15) is 31.7 Å². The molecule has 32 heavy (non-hydrogen) atoms. The number of piperidine rings is 1. The fourth-order valence-electron chi connectivity index (χ4n) is 3.53. The zero-order valence-electron chi connectivity index (χ0n) is 18.6. The molecule has 1 N–H and O–H groups in total. The molecule has 2 aromatic rings. The molecule has 0 aromatic heterocycles. The number of carbonyl (C=O) groups is 2. The number of benzene rings is 2. The molecule has 0 radical (unpaired) electrons. The van der Waals surface area contributed by atoms with Crippen molar-refractivity contribution >= 4 is 29.3 Å². The molecule has 7 nitrogen and oxygen atoms in total. The summed E-state index contributed by atoms with van der Waals surface area (Å²) in [5.41, 5.74) is 2.77. The number of allylic oxidation sites excluding steroid dienone is 1. The SMILES string of the molecule is C/C=C/c1ccc(OCC(=O)OCC(=O)Nc2ccc(N3CCCCC3)cc2)c(OC)c1. The molecule has 170 valence electrons. The molecule has 1 aliphatic heterocycles. The first-order chi connectivity index (χ1) is 15.6. The second kappa shape index (κ2) is 11.8. The Morgan fingerprint density at radius 3 is 2.44 bits per heavy atom. The van der Waals surface area contributed by atoms with Crippen LogP contribution in [0.2, 0.25) is 0 Å². The van der Waals surface area contributed by atoms with Crippen LogP contribution < -0.4 is 19.7 Å². The van der Waals surface area contributed by atoms with Gasteiger partial charge in [0.2, 0.25) is 0 Å². The topological polar surface area (TPSA) is 77.1 Å². The van der Waals surface area contributed by atoms with Crippen molar-refractivity contribution in [2.24, 2.45) is 0 Å². The van der Waals surface area contributed by atoms with E-state index < -0.39 is 11.9 Å². The minimum Gasteiger partial charge on any atom is -0.493 e. The summed E-state index contributed by atoms with van der Waals surface area (Å²) in [4.78, 5) is 26.4. The van der Waals surface area contributed by atoms with E-state index in [-0.39, 0.29) is 13.2 Å². The minimum atomic E-state index is -0.639. The van der Waals surface area contributed by atoms with Crippen molar-refractivity contribution in [1.29, 1.82) is 0 Å². The highest BCUT2D eigenvalue weighted by molar-refractivity contribution is 5.93. The normalized spacial score (nSPS) is 13.6. The Balaban J connectivity index is 1.42. The van der Waals surface area contributed by atoms with E-state index in [4.69, 9.17) is 14.2 Å². The third-order valence-corrected chi connectivity index (χ3v) is 5.13. The molecule has 1 fully saturated rings. The van der Waals surface area contributed by atoms with Gasteiger partial charge in [0.1, 0.15) is 0 Å². The lowest BCUT2D eigenvalue weighted by molar-refractivity contribution is -0.149. The van der Waals surface area contributed by atoms with Gasteiger partial charge in [0.25, 0.3) is 5.91 Å². The largest absolute Gasteiger partial charge is 0.493 e. The van der Waals surface area contributed by atoms with Gasteiger partial charge in [0, 0.05) is 24.5 Å². The number of rotatable bonds is 9. The summed E-state index contributed by atoms with van der Waals surface area (Å²) < 4.78 is 15.8. The molecule has 1 saturated heterocycles. The average Bonchev–Trinajstić information content (AvgIpc) is 2.83. The van der Waals surface area contributed by atoms with Gasteiger partial charge >= 0.3 is 5.97 Å². The zero-order valence-corrected chi connectivity index (χ0v) is 18.6. The number of hydrogen-bond donors (Lipinski definition) is 1. The third kappa shape index (κ3) is 6.77. The molecule has 7 heteroatoms. The molecule has 0 aliphatic carbocycles. The number of amides is 1. The second-order valence-electron chi connectivity index (χ2n) is 7.50. The lowest BCUT2D eigenvalue weighted by Crippen LogP contribution is -2.29. The number of carbonyl (C=O) groups excluding carboxylic acids is 2. The first-order valence-corrected chi connectivity index (χ1v) is 10.8. The number of nitrogens with zero attached hydrogens (tertiary/aromatic N) is 1. The van der Waals surface area contributed by atoms with E-state index >= 15 is 0 Å². The quantitative estimate of drug-likeness (QED) is 0.589. The lowest BCUT2D eigenvalue weighted by atomic mass is 10.1. The van der Waals surface area contributed by atoms with E-state index in [9.17, 15) is 9.59 Å². The summed E-state index contributed by atoms with van der Waals surface area (Å²) in [7, 11) is 1.53. The number of nitrogens with one attached hydrogen (secondary N) is 1. The maximum Gasteiger partial charge on any atom is 0.344 e. The lowest BCUT2D eigenvalue weighted by Gasteiger charge is -2.28. The first-order valence-electron chi connectivity index (χ1n) is 10.8. The Kier molecular flexibility index (Phi) is 8.54. The van der Waals surface area contributed by atoms with Crippen molar-refractivity contribution in [2.75, 3.05) is 43.6 Å². The van der Waals surface area contributed by atoms with Gasteiger partial charge in [0.05, 0.1) is 7.11 Å². The zero-order chi connectivity index (χ0) is 22.8. The van der Waals surface area contributed by atoms with E-state index in [0.29, 0.717) is 17.2 Å². The summed E-state index contributed by atoms with van der Waals surface area (Å²) in [6.45, 7) is 3.35. The molecular formula is C25H30N2O5. The van der Waals surface area contributed by atoms with Gasteiger partial charge in [-0.15, -0.1) is 0 Å². The molecule has 0 atom stereocenters. The fourth-order valence-corrected chi connectivity index (χ4v) is 3.53.